The molecule has 2 aliphatic carbocycles. The van der Waals surface area contributed by atoms with Crippen LogP contribution in [0.25, 0.3) is 0 Å². The smallest absolute Gasteiger partial charge is 0.303 e. The first-order valence-corrected chi connectivity index (χ1v) is 14.6. The first-order valence-electron chi connectivity index (χ1n) is 14.6. The highest BCUT2D eigenvalue weighted by Gasteiger charge is 2.33. The van der Waals surface area contributed by atoms with Gasteiger partial charge in [-0.3, -0.25) is 19.2 Å². The Labute approximate surface area is 243 Å². The van der Waals surface area contributed by atoms with Crippen molar-refractivity contribution in [2.75, 3.05) is 7.11 Å². The molecule has 5 atom stereocenters. The van der Waals surface area contributed by atoms with Crippen LogP contribution in [0, 0.1) is 18.8 Å². The molecule has 0 amide bonds. The normalized spacial score (nSPS) is 27.6. The summed E-state index contributed by atoms with van der Waals surface area (Å²) in [4.78, 5) is 52.8. The van der Waals surface area contributed by atoms with Crippen molar-refractivity contribution in [1.82, 2.24) is 0 Å². The number of rotatable bonds is 5. The summed E-state index contributed by atoms with van der Waals surface area (Å²) < 4.78 is 11.4. The Morgan fingerprint density at radius 3 is 2.46 bits per heavy atom. The van der Waals surface area contributed by atoms with Gasteiger partial charge in [-0.2, -0.15) is 0 Å². The van der Waals surface area contributed by atoms with Crippen molar-refractivity contribution in [1.29, 1.82) is 0 Å². The van der Waals surface area contributed by atoms with Crippen molar-refractivity contribution >= 4 is 23.3 Å². The first-order chi connectivity index (χ1) is 19.4. The minimum absolute atomic E-state index is 0.0768. The zero-order valence-corrected chi connectivity index (χ0v) is 25.4. The van der Waals surface area contributed by atoms with Crippen molar-refractivity contribution in [2.24, 2.45) is 11.8 Å². The van der Waals surface area contributed by atoms with Crippen molar-refractivity contribution < 1.29 is 33.8 Å². The zero-order valence-electron chi connectivity index (χ0n) is 25.4. The fourth-order valence-corrected chi connectivity index (χ4v) is 5.98. The van der Waals surface area contributed by atoms with E-state index in [1.165, 1.54) is 13.0 Å². The van der Waals surface area contributed by atoms with Gasteiger partial charge in [0.1, 0.15) is 6.10 Å². The van der Waals surface area contributed by atoms with Gasteiger partial charge in [-0.25, -0.2) is 0 Å². The molecule has 0 saturated carbocycles. The highest BCUT2D eigenvalue weighted by Crippen LogP contribution is 2.35. The number of unbranched alkanes of at least 4 members (excludes halogenated alkanes) is 1. The highest BCUT2D eigenvalue weighted by molar-refractivity contribution is 6.24. The summed E-state index contributed by atoms with van der Waals surface area (Å²) in [6.45, 7) is 10.9. The third kappa shape index (κ3) is 7.57. The number of allylic oxidation sites excluding steroid dienone is 4. The predicted molar refractivity (Wildman–Crippen MR) is 157 cm³/mol. The Balaban J connectivity index is 2.19. The third-order valence-electron chi connectivity index (χ3n) is 8.26. The third-order valence-corrected chi connectivity index (χ3v) is 8.26. The van der Waals surface area contributed by atoms with Gasteiger partial charge in [0.2, 0.25) is 0 Å². The summed E-state index contributed by atoms with van der Waals surface area (Å²) in [6, 6.07) is 5.22. The van der Waals surface area contributed by atoms with Crippen LogP contribution < -0.4 is 0 Å². The lowest BCUT2D eigenvalue weighted by atomic mass is 9.79. The van der Waals surface area contributed by atoms with E-state index in [2.05, 4.69) is 0 Å². The molecule has 7 nitrogen and oxygen atoms in total. The largest absolute Gasteiger partial charge is 0.453 e. The van der Waals surface area contributed by atoms with Crippen LogP contribution in [-0.2, 0) is 23.9 Å². The molecule has 0 aliphatic heterocycles. The Bertz CT molecular complexity index is 1280. The van der Waals surface area contributed by atoms with E-state index in [0.29, 0.717) is 47.1 Å². The van der Waals surface area contributed by atoms with Gasteiger partial charge in [-0.1, -0.05) is 51.5 Å². The molecule has 41 heavy (non-hydrogen) atoms. The lowest BCUT2D eigenvalue weighted by Crippen LogP contribution is -2.35. The zero-order chi connectivity index (χ0) is 30.4. The maximum atomic E-state index is 13.8. The van der Waals surface area contributed by atoms with Crippen molar-refractivity contribution in [3.8, 4) is 0 Å². The summed E-state index contributed by atoms with van der Waals surface area (Å²) in [7, 11) is 1.55. The van der Waals surface area contributed by atoms with E-state index < -0.39 is 24.3 Å². The molecule has 1 N–H and O–H groups in total. The summed E-state index contributed by atoms with van der Waals surface area (Å²) in [5, 5.41) is 11.3. The van der Waals surface area contributed by atoms with Gasteiger partial charge in [0, 0.05) is 54.2 Å². The standard InChI is InChI=1S/C34H44O7/c1-8-9-11-27-28-14-19(2)15-31(40-7)32(38)20(3)16-21(4)34(41-23(6)35)26-13-10-12-25(22(26)5)29(36)17-24(33(28)39)18-30(27)37/h10,12-13,16,18-20,31-32,34,38H,8-9,11,14-15,17H2,1-7H3/b21-16+/t19?,20?,31-,32+,34-/m0/s1. The minimum Gasteiger partial charge on any atom is -0.453 e. The van der Waals surface area contributed by atoms with Crippen LogP contribution in [0.3, 0.4) is 0 Å². The molecular formula is C34H44O7. The first kappa shape index (κ1) is 32.4. The second-order valence-corrected chi connectivity index (χ2v) is 11.6. The van der Waals surface area contributed by atoms with Gasteiger partial charge in [0.25, 0.3) is 0 Å². The second-order valence-electron chi connectivity index (χ2n) is 11.6. The summed E-state index contributed by atoms with van der Waals surface area (Å²) in [5.41, 5.74) is 3.59. The maximum absolute atomic E-state index is 13.8. The SMILES string of the molecule is CCCCC1=C2CC(C)C[C@H](OC)[C@H](O)C(C)/C=C(\C)[C@H](OC(C)=O)c3cccc(c3C)C(=O)CC(=CC1=O)C2=O. The number of fused-ring (bicyclic) bond motifs is 4. The van der Waals surface area contributed by atoms with Gasteiger partial charge in [0.15, 0.2) is 17.3 Å². The number of esters is 1. The molecule has 0 spiro atoms. The monoisotopic (exact) mass is 564 g/mol. The van der Waals surface area contributed by atoms with Crippen molar-refractivity contribution in [3.63, 3.8) is 0 Å². The molecule has 0 aromatic heterocycles. The van der Waals surface area contributed by atoms with Crippen molar-refractivity contribution in [3.05, 3.63) is 69.3 Å². The van der Waals surface area contributed by atoms with E-state index >= 15 is 0 Å². The molecule has 0 fully saturated rings. The molecular weight excluding hydrogens is 520 g/mol. The minimum atomic E-state index is -0.868. The highest BCUT2D eigenvalue weighted by atomic mass is 16.5. The summed E-state index contributed by atoms with van der Waals surface area (Å²) in [5.74, 6) is -1.65. The molecule has 2 unspecified atom stereocenters. The lowest BCUT2D eigenvalue weighted by molar-refractivity contribution is -0.145. The van der Waals surface area contributed by atoms with Crippen LogP contribution in [0.15, 0.2) is 52.6 Å². The average Bonchev–Trinajstić information content (AvgIpc) is 2.91. The molecule has 222 valence electrons. The van der Waals surface area contributed by atoms with Crippen LogP contribution in [0.5, 0.6) is 0 Å². The number of ketones is 3. The van der Waals surface area contributed by atoms with E-state index in [4.69, 9.17) is 9.47 Å². The van der Waals surface area contributed by atoms with Crippen LogP contribution in [-0.4, -0.2) is 47.7 Å². The van der Waals surface area contributed by atoms with Gasteiger partial charge >= 0.3 is 5.97 Å². The fraction of sp³-hybridized carbons (Fsp3) is 0.529. The van der Waals surface area contributed by atoms with Crippen LogP contribution in [0.4, 0.5) is 0 Å². The van der Waals surface area contributed by atoms with Gasteiger partial charge in [-0.15, -0.1) is 0 Å². The number of aliphatic hydroxyl groups is 1. The molecule has 3 rings (SSSR count). The number of hydrogen-bond acceptors (Lipinski definition) is 7. The molecule has 0 radical (unpaired) electrons. The van der Waals surface area contributed by atoms with Crippen LogP contribution >= 0.6 is 0 Å². The van der Waals surface area contributed by atoms with E-state index in [9.17, 15) is 24.3 Å². The molecule has 0 heterocycles. The average molecular weight is 565 g/mol. The topological polar surface area (TPSA) is 107 Å². The molecule has 7 heteroatoms. The molecule has 4 bridgehead atoms. The van der Waals surface area contributed by atoms with Gasteiger partial charge < -0.3 is 14.6 Å². The Hall–Kier alpha value is -3.16. The summed E-state index contributed by atoms with van der Waals surface area (Å²) >= 11 is 0. The summed E-state index contributed by atoms with van der Waals surface area (Å²) in [6.07, 6.45) is 3.86. The van der Waals surface area contributed by atoms with E-state index in [1.54, 1.807) is 32.2 Å². The maximum Gasteiger partial charge on any atom is 0.303 e. The molecule has 1 aromatic carbocycles. The number of aliphatic hydroxyl groups excluding tert-OH is 1. The van der Waals surface area contributed by atoms with E-state index in [-0.39, 0.29) is 41.2 Å². The van der Waals surface area contributed by atoms with Crippen molar-refractivity contribution in [2.45, 2.75) is 98.4 Å². The van der Waals surface area contributed by atoms with Gasteiger partial charge in [-0.05, 0) is 62.7 Å². The number of carbonyl (C=O) groups is 4. The number of methoxy groups -OCH3 is 1. The quantitative estimate of drug-likeness (QED) is 0.261. The van der Waals surface area contributed by atoms with E-state index in [0.717, 1.165) is 18.4 Å². The number of hydrogen-bond donors (Lipinski definition) is 1. The van der Waals surface area contributed by atoms with Crippen LogP contribution in [0.2, 0.25) is 0 Å². The molecule has 0 saturated heterocycles. The lowest BCUT2D eigenvalue weighted by Gasteiger charge is -2.29. The van der Waals surface area contributed by atoms with Gasteiger partial charge in [0.05, 0.1) is 12.2 Å². The molecule has 1 aromatic rings. The Morgan fingerprint density at radius 2 is 1.83 bits per heavy atom. The Kier molecular flexibility index (Phi) is 11.2. The van der Waals surface area contributed by atoms with E-state index in [1.807, 2.05) is 33.8 Å². The number of carbonyl (C=O) groups excluding carboxylic acids is 4. The fourth-order valence-electron chi connectivity index (χ4n) is 5.98. The number of benzene rings is 1. The second kappa shape index (κ2) is 14.1. The molecule has 2 aliphatic rings. The van der Waals surface area contributed by atoms with Crippen LogP contribution in [0.1, 0.15) is 101 Å². The predicted octanol–water partition coefficient (Wildman–Crippen LogP) is 6.13. The Morgan fingerprint density at radius 1 is 1.12 bits per heavy atom. The number of Topliss-reactive ketones (excluding diaryl/α,β-unsaturated/α-hetero) is 2. The number of ether oxygens (including phenoxy) is 2.